The van der Waals surface area contributed by atoms with Crippen molar-refractivity contribution in [2.75, 3.05) is 45.2 Å². The van der Waals surface area contributed by atoms with Crippen LogP contribution in [0.2, 0.25) is 0 Å². The van der Waals surface area contributed by atoms with Crippen LogP contribution in [0.5, 0.6) is 0 Å². The Balaban J connectivity index is 1.63. The van der Waals surface area contributed by atoms with E-state index in [0.717, 1.165) is 18.4 Å². The van der Waals surface area contributed by atoms with E-state index in [0.29, 0.717) is 43.6 Å². The summed E-state index contributed by atoms with van der Waals surface area (Å²) in [7, 11) is 3.60. The van der Waals surface area contributed by atoms with Crippen LogP contribution in [0, 0.1) is 32.1 Å². The van der Waals surface area contributed by atoms with Crippen molar-refractivity contribution >= 4 is 17.8 Å². The number of hydrogen-bond acceptors (Lipinski definition) is 6. The molecule has 1 aromatic heterocycles. The first-order valence-electron chi connectivity index (χ1n) is 10.8. The van der Waals surface area contributed by atoms with Crippen molar-refractivity contribution in [1.82, 2.24) is 20.0 Å². The zero-order valence-electron chi connectivity index (χ0n) is 19.0. The molecule has 3 heterocycles. The highest BCUT2D eigenvalue weighted by molar-refractivity contribution is 5.94. The highest BCUT2D eigenvalue weighted by atomic mass is 16.4. The summed E-state index contributed by atoms with van der Waals surface area (Å²) >= 11 is 0. The molecule has 0 radical (unpaired) electrons. The van der Waals surface area contributed by atoms with Gasteiger partial charge in [0.1, 0.15) is 0 Å². The van der Waals surface area contributed by atoms with E-state index < -0.39 is 5.41 Å². The smallest absolute Gasteiger partial charge is 0.318 e. The van der Waals surface area contributed by atoms with Crippen LogP contribution in [0.25, 0.3) is 0 Å². The van der Waals surface area contributed by atoms with E-state index in [9.17, 15) is 9.59 Å². The molecule has 2 aliphatic heterocycles. The molecular weight excluding hydrogens is 394 g/mol. The van der Waals surface area contributed by atoms with Crippen LogP contribution in [0.3, 0.4) is 0 Å². The normalized spacial score (nSPS) is 23.5. The van der Waals surface area contributed by atoms with Crippen molar-refractivity contribution in [3.05, 3.63) is 40.8 Å². The Morgan fingerprint density at radius 3 is 2.55 bits per heavy atom. The summed E-state index contributed by atoms with van der Waals surface area (Å²) in [6, 6.07) is 6.30. The van der Waals surface area contributed by atoms with Gasteiger partial charge in [0.05, 0.1) is 5.41 Å². The number of carbonyl (C=O) groups is 2. The summed E-state index contributed by atoms with van der Waals surface area (Å²) < 4.78 is 5.66. The molecule has 1 aromatic carbocycles. The molecule has 2 aliphatic rings. The van der Waals surface area contributed by atoms with Gasteiger partial charge >= 0.3 is 6.01 Å². The Hall–Kier alpha value is -2.90. The number of hydrogen-bond donors (Lipinski definition) is 0. The first-order chi connectivity index (χ1) is 14.7. The maximum absolute atomic E-state index is 13.4. The third kappa shape index (κ3) is 3.79. The van der Waals surface area contributed by atoms with Crippen LogP contribution in [0.1, 0.15) is 40.2 Å². The number of aryl methyl sites for hydroxylation is 3. The number of nitrogens with zero attached hydrogens (tertiary/aromatic N) is 5. The third-order valence-electron chi connectivity index (χ3n) is 6.85. The predicted octanol–water partition coefficient (Wildman–Crippen LogP) is 2.44. The van der Waals surface area contributed by atoms with E-state index in [1.165, 1.54) is 5.56 Å². The van der Waals surface area contributed by atoms with Gasteiger partial charge in [0.15, 0.2) is 0 Å². The molecule has 2 atom stereocenters. The molecule has 0 spiro atoms. The van der Waals surface area contributed by atoms with Crippen molar-refractivity contribution in [3.63, 3.8) is 0 Å². The molecule has 0 aliphatic carbocycles. The molecular formula is C23H31N5O3. The first-order valence-corrected chi connectivity index (χ1v) is 10.8. The maximum Gasteiger partial charge on any atom is 0.318 e. The lowest BCUT2D eigenvalue weighted by molar-refractivity contribution is -0.141. The highest BCUT2D eigenvalue weighted by Crippen LogP contribution is 2.45. The van der Waals surface area contributed by atoms with Crippen LogP contribution in [-0.4, -0.2) is 72.1 Å². The fraction of sp³-hybridized carbons (Fsp3) is 0.565. The quantitative estimate of drug-likeness (QED) is 0.751. The van der Waals surface area contributed by atoms with E-state index in [2.05, 4.69) is 10.2 Å². The molecule has 2 amide bonds. The van der Waals surface area contributed by atoms with E-state index in [-0.39, 0.29) is 17.7 Å². The van der Waals surface area contributed by atoms with Crippen LogP contribution in [0.15, 0.2) is 22.6 Å². The number of rotatable bonds is 3. The molecule has 0 saturated carbocycles. The van der Waals surface area contributed by atoms with Gasteiger partial charge in [0, 0.05) is 58.7 Å². The van der Waals surface area contributed by atoms with E-state index in [1.807, 2.05) is 41.8 Å². The zero-order valence-corrected chi connectivity index (χ0v) is 19.0. The van der Waals surface area contributed by atoms with Crippen LogP contribution in [-0.2, 0) is 4.79 Å². The van der Waals surface area contributed by atoms with E-state index in [4.69, 9.17) is 4.42 Å². The molecule has 4 rings (SSSR count). The van der Waals surface area contributed by atoms with E-state index in [1.54, 1.807) is 25.9 Å². The van der Waals surface area contributed by atoms with Crippen LogP contribution < -0.4 is 4.90 Å². The van der Waals surface area contributed by atoms with Gasteiger partial charge in [-0.2, -0.15) is 0 Å². The molecule has 0 N–H and O–H groups in total. The van der Waals surface area contributed by atoms with E-state index >= 15 is 0 Å². The second kappa shape index (κ2) is 7.98. The molecule has 8 heteroatoms. The summed E-state index contributed by atoms with van der Waals surface area (Å²) in [5.41, 5.74) is 2.42. The number of benzene rings is 1. The molecule has 2 saturated heterocycles. The molecule has 2 fully saturated rings. The number of aromatic nitrogens is 2. The Kier molecular flexibility index (Phi) is 5.49. The lowest BCUT2D eigenvalue weighted by atomic mass is 9.74. The number of likely N-dealkylation sites (tertiary alicyclic amines) is 1. The lowest BCUT2D eigenvalue weighted by Gasteiger charge is -2.34. The maximum atomic E-state index is 13.4. The van der Waals surface area contributed by atoms with Crippen LogP contribution >= 0.6 is 0 Å². The van der Waals surface area contributed by atoms with Crippen molar-refractivity contribution < 1.29 is 14.0 Å². The van der Waals surface area contributed by atoms with Gasteiger partial charge < -0.3 is 19.1 Å². The molecule has 0 bridgehead atoms. The molecule has 166 valence electrons. The third-order valence-corrected chi connectivity index (χ3v) is 6.85. The zero-order chi connectivity index (χ0) is 22.3. The number of anilines is 1. The van der Waals surface area contributed by atoms with Gasteiger partial charge in [0.2, 0.25) is 11.8 Å². The second-order valence-electron chi connectivity index (χ2n) is 9.19. The molecule has 31 heavy (non-hydrogen) atoms. The average Bonchev–Trinajstić information content (AvgIpc) is 3.28. The minimum absolute atomic E-state index is 0.00685. The minimum Gasteiger partial charge on any atom is -0.408 e. The van der Waals surface area contributed by atoms with Gasteiger partial charge in [0.25, 0.3) is 5.91 Å². The first kappa shape index (κ1) is 21.3. The van der Waals surface area contributed by atoms with Crippen molar-refractivity contribution in [1.29, 1.82) is 0 Å². The molecule has 0 unspecified atom stereocenters. The standard InChI is InChI=1S/C23H31N5O3/c1-15-7-8-18(11-16(15)2)20(29)27-10-6-9-23(21(30)26(4)5)14-28(13-19(23)12-27)22-25-24-17(3)31-22/h7-8,11,19H,6,9-10,12-14H2,1-5H3/t19-,23-/m1/s1. The second-order valence-corrected chi connectivity index (χ2v) is 9.19. The van der Waals surface area contributed by atoms with Gasteiger partial charge in [-0.3, -0.25) is 9.59 Å². The van der Waals surface area contributed by atoms with Crippen molar-refractivity contribution in [2.24, 2.45) is 11.3 Å². The largest absolute Gasteiger partial charge is 0.408 e. The summed E-state index contributed by atoms with van der Waals surface area (Å²) in [5, 5.41) is 8.12. The Bertz CT molecular complexity index is 1000. The summed E-state index contributed by atoms with van der Waals surface area (Å²) in [5.74, 6) is 0.634. The Labute approximate surface area is 183 Å². The molecule has 8 nitrogen and oxygen atoms in total. The monoisotopic (exact) mass is 425 g/mol. The number of carbonyl (C=O) groups excluding carboxylic acids is 2. The Morgan fingerprint density at radius 2 is 1.90 bits per heavy atom. The summed E-state index contributed by atoms with van der Waals surface area (Å²) in [6.07, 6.45) is 1.51. The SMILES string of the molecule is Cc1nnc(N2C[C@H]3CN(C(=O)c4ccc(C)c(C)c4)CCC[C@@]3(C(=O)N(C)C)C2)o1. The number of amides is 2. The average molecular weight is 426 g/mol. The van der Waals surface area contributed by atoms with Gasteiger partial charge in [-0.15, -0.1) is 5.10 Å². The highest BCUT2D eigenvalue weighted by Gasteiger charge is 2.55. The predicted molar refractivity (Wildman–Crippen MR) is 117 cm³/mol. The van der Waals surface area contributed by atoms with Crippen molar-refractivity contribution in [2.45, 2.75) is 33.6 Å². The Morgan fingerprint density at radius 1 is 1.13 bits per heavy atom. The molecule has 2 aromatic rings. The number of fused-ring (bicyclic) bond motifs is 1. The van der Waals surface area contributed by atoms with Crippen molar-refractivity contribution in [3.8, 4) is 0 Å². The topological polar surface area (TPSA) is 82.8 Å². The van der Waals surface area contributed by atoms with Gasteiger partial charge in [-0.05, 0) is 49.9 Å². The summed E-state index contributed by atoms with van der Waals surface area (Å²) in [4.78, 5) is 32.3. The van der Waals surface area contributed by atoms with Gasteiger partial charge in [-0.25, -0.2) is 0 Å². The fourth-order valence-electron chi connectivity index (χ4n) is 5.03. The van der Waals surface area contributed by atoms with Gasteiger partial charge in [-0.1, -0.05) is 11.2 Å². The van der Waals surface area contributed by atoms with Crippen LogP contribution in [0.4, 0.5) is 6.01 Å². The fourth-order valence-corrected chi connectivity index (χ4v) is 5.03. The summed E-state index contributed by atoms with van der Waals surface area (Å²) in [6.45, 7) is 8.16. The lowest BCUT2D eigenvalue weighted by Crippen LogP contribution is -2.47. The minimum atomic E-state index is -0.565.